The number of phenolic OH excluding ortho intramolecular Hbond substituents is 1. The van der Waals surface area contributed by atoms with Crippen molar-refractivity contribution >= 4 is 21.7 Å². The predicted octanol–water partition coefficient (Wildman–Crippen LogP) is 5.20. The first-order valence-corrected chi connectivity index (χ1v) is 10.3. The normalized spacial score (nSPS) is 10.4. The number of aromatic nitrogens is 1. The Kier molecular flexibility index (Phi) is 5.88. The first-order chi connectivity index (χ1) is 15.5. The van der Waals surface area contributed by atoms with E-state index in [1.807, 2.05) is 24.3 Å². The Morgan fingerprint density at radius 2 is 1.72 bits per heavy atom. The molecule has 0 saturated carbocycles. The van der Waals surface area contributed by atoms with Gasteiger partial charge in [0.25, 0.3) is 5.56 Å². The summed E-state index contributed by atoms with van der Waals surface area (Å²) in [7, 11) is 0. The van der Waals surface area contributed by atoms with Gasteiger partial charge in [-0.25, -0.2) is 0 Å². The van der Waals surface area contributed by atoms with Crippen molar-refractivity contribution in [3.63, 3.8) is 0 Å². The Labute approximate surface area is 191 Å². The third-order valence-electron chi connectivity index (χ3n) is 4.70. The molecule has 32 heavy (non-hydrogen) atoms. The molecule has 1 heterocycles. The van der Waals surface area contributed by atoms with E-state index in [2.05, 4.69) is 15.9 Å². The molecule has 0 amide bonds. The van der Waals surface area contributed by atoms with Crippen molar-refractivity contribution in [1.82, 2.24) is 4.57 Å². The van der Waals surface area contributed by atoms with Crippen LogP contribution in [-0.4, -0.2) is 15.5 Å². The zero-order chi connectivity index (χ0) is 22.7. The minimum atomic E-state index is -0.591. The van der Waals surface area contributed by atoms with E-state index in [1.54, 1.807) is 42.5 Å². The van der Waals surface area contributed by atoms with Crippen LogP contribution < -0.4 is 10.3 Å². The number of carbonyl (C=O) groups excluding carboxylic acids is 1. The molecule has 3 aromatic carbocycles. The van der Waals surface area contributed by atoms with Crippen LogP contribution in [-0.2, 0) is 0 Å². The van der Waals surface area contributed by atoms with Crippen LogP contribution >= 0.6 is 15.9 Å². The minimum absolute atomic E-state index is 0.0438. The number of nitrogens with zero attached hydrogens (tertiary/aromatic N) is 2. The lowest BCUT2D eigenvalue weighted by Gasteiger charge is -2.14. The molecule has 0 spiro atoms. The molecule has 0 aliphatic carbocycles. The van der Waals surface area contributed by atoms with Gasteiger partial charge in [-0.05, 0) is 48.5 Å². The van der Waals surface area contributed by atoms with Crippen LogP contribution in [0.3, 0.4) is 0 Å². The molecule has 0 aliphatic heterocycles. The summed E-state index contributed by atoms with van der Waals surface area (Å²) >= 11 is 3.28. The van der Waals surface area contributed by atoms with Crippen molar-refractivity contribution in [3.05, 3.63) is 117 Å². The molecule has 1 N–H and O–H groups in total. The zero-order valence-corrected chi connectivity index (χ0v) is 18.1. The number of halogens is 1. The number of pyridine rings is 1. The van der Waals surface area contributed by atoms with Crippen molar-refractivity contribution < 1.29 is 14.6 Å². The van der Waals surface area contributed by atoms with Crippen LogP contribution in [0.2, 0.25) is 0 Å². The van der Waals surface area contributed by atoms with Crippen molar-refractivity contribution in [2.75, 3.05) is 0 Å². The van der Waals surface area contributed by atoms with Gasteiger partial charge in [0.05, 0.1) is 11.3 Å². The van der Waals surface area contributed by atoms with E-state index < -0.39 is 11.3 Å². The number of benzene rings is 3. The van der Waals surface area contributed by atoms with Gasteiger partial charge in [-0.2, -0.15) is 5.26 Å². The second-order valence-corrected chi connectivity index (χ2v) is 7.72. The van der Waals surface area contributed by atoms with Crippen molar-refractivity contribution in [2.24, 2.45) is 0 Å². The number of ether oxygens (including phenoxy) is 1. The highest BCUT2D eigenvalue weighted by Crippen LogP contribution is 2.29. The van der Waals surface area contributed by atoms with Crippen LogP contribution in [0, 0.1) is 11.3 Å². The lowest BCUT2D eigenvalue weighted by Crippen LogP contribution is -2.23. The molecule has 0 radical (unpaired) electrons. The maximum absolute atomic E-state index is 13.1. The summed E-state index contributed by atoms with van der Waals surface area (Å²) in [5, 5.41) is 19.7. The number of nitriles is 1. The van der Waals surface area contributed by atoms with E-state index in [4.69, 9.17) is 4.74 Å². The Balaban J connectivity index is 1.87. The van der Waals surface area contributed by atoms with Gasteiger partial charge in [0.1, 0.15) is 23.1 Å². The van der Waals surface area contributed by atoms with E-state index >= 15 is 0 Å². The van der Waals surface area contributed by atoms with Crippen molar-refractivity contribution in [2.45, 2.75) is 0 Å². The van der Waals surface area contributed by atoms with Crippen LogP contribution in [0.1, 0.15) is 21.5 Å². The average Bonchev–Trinajstić information content (AvgIpc) is 2.81. The SMILES string of the molecule is N#Cc1cc(C(=O)c2cc(Br)ccc2O)cn(-c2ccccc2Oc2ccccc2)c1=O. The number of carbonyl (C=O) groups is 1. The lowest BCUT2D eigenvalue weighted by atomic mass is 10.0. The monoisotopic (exact) mass is 486 g/mol. The Bertz CT molecular complexity index is 1420. The highest BCUT2D eigenvalue weighted by molar-refractivity contribution is 9.10. The summed E-state index contributed by atoms with van der Waals surface area (Å²) in [5.74, 6) is 0.206. The molecule has 156 valence electrons. The van der Waals surface area contributed by atoms with Crippen LogP contribution in [0.5, 0.6) is 17.2 Å². The Morgan fingerprint density at radius 1 is 1.00 bits per heavy atom. The number of hydrogen-bond acceptors (Lipinski definition) is 5. The Morgan fingerprint density at radius 3 is 2.47 bits per heavy atom. The molecule has 0 fully saturated rings. The van der Waals surface area contributed by atoms with Gasteiger partial charge in [-0.15, -0.1) is 0 Å². The van der Waals surface area contributed by atoms with E-state index in [1.165, 1.54) is 29.0 Å². The lowest BCUT2D eigenvalue weighted by molar-refractivity contribution is 0.103. The summed E-state index contributed by atoms with van der Waals surface area (Å²) < 4.78 is 7.75. The fourth-order valence-electron chi connectivity index (χ4n) is 3.17. The number of rotatable bonds is 5. The minimum Gasteiger partial charge on any atom is -0.507 e. The van der Waals surface area contributed by atoms with Gasteiger partial charge < -0.3 is 9.84 Å². The first kappa shape index (κ1) is 21.1. The van der Waals surface area contributed by atoms with Gasteiger partial charge in [0, 0.05) is 16.2 Å². The largest absolute Gasteiger partial charge is 0.507 e. The number of aromatic hydroxyl groups is 1. The summed E-state index contributed by atoms with van der Waals surface area (Å²) in [6, 6.07) is 23.4. The third-order valence-corrected chi connectivity index (χ3v) is 5.19. The standard InChI is InChI=1S/C25H15BrN2O4/c26-18-10-11-22(29)20(13-18)24(30)17-12-16(14-27)25(31)28(15-17)21-8-4-5-9-23(21)32-19-6-2-1-3-7-19/h1-13,15,29H. The molecule has 6 nitrogen and oxygen atoms in total. The number of hydrogen-bond donors (Lipinski definition) is 1. The second-order valence-electron chi connectivity index (χ2n) is 6.80. The first-order valence-electron chi connectivity index (χ1n) is 9.50. The molecule has 0 saturated heterocycles. The van der Waals surface area contributed by atoms with E-state index in [0.717, 1.165) is 0 Å². The molecular formula is C25H15BrN2O4. The number of ketones is 1. The fourth-order valence-corrected chi connectivity index (χ4v) is 3.53. The quantitative estimate of drug-likeness (QED) is 0.391. The summed E-state index contributed by atoms with van der Waals surface area (Å²) in [6.07, 6.45) is 1.35. The van der Waals surface area contributed by atoms with Gasteiger partial charge in [-0.1, -0.05) is 46.3 Å². The number of para-hydroxylation sites is 3. The van der Waals surface area contributed by atoms with Crippen LogP contribution in [0.25, 0.3) is 5.69 Å². The average molecular weight is 487 g/mol. The van der Waals surface area contributed by atoms with Gasteiger partial charge in [0.15, 0.2) is 11.5 Å². The van der Waals surface area contributed by atoms with Crippen molar-refractivity contribution in [3.8, 4) is 29.0 Å². The summed E-state index contributed by atoms with van der Waals surface area (Å²) in [4.78, 5) is 26.1. The predicted molar refractivity (Wildman–Crippen MR) is 123 cm³/mol. The van der Waals surface area contributed by atoms with E-state index in [-0.39, 0.29) is 22.4 Å². The Hall–Kier alpha value is -4.15. The molecule has 0 unspecified atom stereocenters. The van der Waals surface area contributed by atoms with Crippen LogP contribution in [0.4, 0.5) is 0 Å². The second kappa shape index (κ2) is 8.92. The van der Waals surface area contributed by atoms with E-state index in [9.17, 15) is 20.0 Å². The topological polar surface area (TPSA) is 92.3 Å². The highest BCUT2D eigenvalue weighted by Gasteiger charge is 2.19. The highest BCUT2D eigenvalue weighted by atomic mass is 79.9. The third kappa shape index (κ3) is 4.17. The maximum Gasteiger partial charge on any atom is 0.273 e. The van der Waals surface area contributed by atoms with Crippen molar-refractivity contribution in [1.29, 1.82) is 5.26 Å². The molecule has 4 rings (SSSR count). The molecular weight excluding hydrogens is 472 g/mol. The van der Waals surface area contributed by atoms with Gasteiger partial charge in [-0.3, -0.25) is 14.2 Å². The molecule has 4 aromatic rings. The summed E-state index contributed by atoms with van der Waals surface area (Å²) in [6.45, 7) is 0. The maximum atomic E-state index is 13.1. The van der Waals surface area contributed by atoms with Gasteiger partial charge >= 0.3 is 0 Å². The molecule has 0 atom stereocenters. The molecule has 1 aromatic heterocycles. The molecule has 0 aliphatic rings. The fraction of sp³-hybridized carbons (Fsp3) is 0. The number of phenols is 1. The molecule has 0 bridgehead atoms. The smallest absolute Gasteiger partial charge is 0.273 e. The summed E-state index contributed by atoms with van der Waals surface area (Å²) in [5.41, 5.74) is -0.316. The van der Waals surface area contributed by atoms with Gasteiger partial charge in [0.2, 0.25) is 0 Å². The van der Waals surface area contributed by atoms with E-state index in [0.29, 0.717) is 21.7 Å². The zero-order valence-electron chi connectivity index (χ0n) is 16.5. The van der Waals surface area contributed by atoms with Crippen LogP contribution in [0.15, 0.2) is 94.3 Å². The molecule has 7 heteroatoms.